The van der Waals surface area contributed by atoms with Crippen molar-refractivity contribution in [2.75, 3.05) is 49.1 Å². The van der Waals surface area contributed by atoms with Crippen LogP contribution in [0.3, 0.4) is 0 Å². The van der Waals surface area contributed by atoms with Crippen LogP contribution >= 0.6 is 12.4 Å². The van der Waals surface area contributed by atoms with Gasteiger partial charge in [-0.25, -0.2) is 9.97 Å². The molecule has 202 valence electrons. The molecular weight excluding hydrogens is 502 g/mol. The molecular formula is C27H36ClN9O. The average molecular weight is 538 g/mol. The summed E-state index contributed by atoms with van der Waals surface area (Å²) in [6.07, 6.45) is 9.34. The number of aryl methyl sites for hydroxylation is 1. The first kappa shape index (κ1) is 25.5. The monoisotopic (exact) mass is 537 g/mol. The zero-order valence-corrected chi connectivity index (χ0v) is 22.6. The van der Waals surface area contributed by atoms with Gasteiger partial charge in [-0.1, -0.05) is 6.08 Å². The van der Waals surface area contributed by atoms with Crippen molar-refractivity contribution in [2.24, 2.45) is 11.1 Å². The predicted molar refractivity (Wildman–Crippen MR) is 151 cm³/mol. The van der Waals surface area contributed by atoms with E-state index in [2.05, 4.69) is 50.4 Å². The fourth-order valence-corrected chi connectivity index (χ4v) is 6.48. The summed E-state index contributed by atoms with van der Waals surface area (Å²) in [4.78, 5) is 19.4. The zero-order valence-electron chi connectivity index (χ0n) is 21.8. The van der Waals surface area contributed by atoms with Crippen LogP contribution in [0.5, 0.6) is 0 Å². The smallest absolute Gasteiger partial charge is 0.183 e. The molecule has 0 saturated carbocycles. The van der Waals surface area contributed by atoms with Crippen molar-refractivity contribution < 1.29 is 4.74 Å². The first-order valence-corrected chi connectivity index (χ1v) is 13.6. The third kappa shape index (κ3) is 4.23. The van der Waals surface area contributed by atoms with Gasteiger partial charge in [0.15, 0.2) is 17.0 Å². The molecule has 1 spiro atoms. The van der Waals surface area contributed by atoms with Crippen LogP contribution in [0.4, 0.5) is 17.3 Å². The van der Waals surface area contributed by atoms with E-state index in [0.29, 0.717) is 0 Å². The fourth-order valence-electron chi connectivity index (χ4n) is 6.48. The van der Waals surface area contributed by atoms with Crippen LogP contribution in [-0.2, 0) is 11.2 Å². The van der Waals surface area contributed by atoms with Crippen LogP contribution in [0.1, 0.15) is 44.0 Å². The van der Waals surface area contributed by atoms with Gasteiger partial charge in [-0.15, -0.1) is 12.4 Å². The molecule has 0 aliphatic carbocycles. The Morgan fingerprint density at radius 1 is 1.13 bits per heavy atom. The van der Waals surface area contributed by atoms with Crippen molar-refractivity contribution in [1.29, 1.82) is 0 Å². The first-order chi connectivity index (χ1) is 18.1. The molecule has 2 fully saturated rings. The van der Waals surface area contributed by atoms with Gasteiger partial charge in [-0.3, -0.25) is 10.1 Å². The van der Waals surface area contributed by atoms with Gasteiger partial charge >= 0.3 is 0 Å². The van der Waals surface area contributed by atoms with Crippen LogP contribution < -0.4 is 20.9 Å². The molecule has 0 aromatic carbocycles. The number of anilines is 3. The summed E-state index contributed by atoms with van der Waals surface area (Å²) in [6.45, 7) is 7.48. The molecule has 3 aromatic heterocycles. The number of nitrogens with zero attached hydrogens (tertiary/aromatic N) is 6. The van der Waals surface area contributed by atoms with Crippen molar-refractivity contribution in [2.45, 2.75) is 51.2 Å². The molecule has 7 heterocycles. The second-order valence-corrected chi connectivity index (χ2v) is 11.0. The third-order valence-corrected chi connectivity index (χ3v) is 8.85. The highest BCUT2D eigenvalue weighted by molar-refractivity contribution is 5.87. The number of H-pyrrole nitrogens is 1. The number of fused-ring (bicyclic) bond motifs is 2. The van der Waals surface area contributed by atoms with Gasteiger partial charge in [0.1, 0.15) is 5.82 Å². The minimum atomic E-state index is 0. The summed E-state index contributed by atoms with van der Waals surface area (Å²) in [6, 6.07) is 4.45. The Bertz CT molecular complexity index is 1350. The van der Waals surface area contributed by atoms with Gasteiger partial charge < -0.3 is 25.6 Å². The lowest BCUT2D eigenvalue weighted by Gasteiger charge is -2.41. The molecule has 0 radical (unpaired) electrons. The summed E-state index contributed by atoms with van der Waals surface area (Å²) in [5, 5.41) is 11.2. The van der Waals surface area contributed by atoms with Crippen LogP contribution in [-0.4, -0.2) is 76.6 Å². The Balaban J connectivity index is 0.00000264. The van der Waals surface area contributed by atoms with Crippen LogP contribution in [0.2, 0.25) is 0 Å². The van der Waals surface area contributed by atoms with Gasteiger partial charge in [0.05, 0.1) is 36.0 Å². The molecule has 10 nitrogen and oxygen atoms in total. The van der Waals surface area contributed by atoms with E-state index in [1.54, 1.807) is 0 Å². The summed E-state index contributed by atoms with van der Waals surface area (Å²) in [5.41, 5.74) is 12.8. The van der Waals surface area contributed by atoms with Gasteiger partial charge in [0.2, 0.25) is 0 Å². The number of piperidine rings is 1. The Morgan fingerprint density at radius 3 is 2.76 bits per heavy atom. The molecule has 4 N–H and O–H groups in total. The summed E-state index contributed by atoms with van der Waals surface area (Å²) >= 11 is 0. The number of ether oxygens (including phenoxy) is 1. The molecule has 4 aliphatic heterocycles. The lowest BCUT2D eigenvalue weighted by Crippen LogP contribution is -2.50. The number of hydrogen-bond acceptors (Lipinski definition) is 9. The van der Waals surface area contributed by atoms with Crippen LogP contribution in [0, 0.1) is 5.41 Å². The summed E-state index contributed by atoms with van der Waals surface area (Å²) < 4.78 is 5.88. The standard InChI is InChI=1S/C27H35N9O.ClH/c1-17-24(28)27(16-37-17)8-13-35(14-9-27)22-15-30-23-25(32-22)33-34-26(23)36-12-2-3-20-21(36)5-4-19(31-20)18-6-10-29-11-7-18;/h4-6,15,17,24,29H,2-3,7-14,16,28H2,1H3,(H,32,33,34);1H/t17-,24+;/m0./s1. The van der Waals surface area contributed by atoms with Gasteiger partial charge in [-0.05, 0) is 63.3 Å². The molecule has 0 amide bonds. The molecule has 0 bridgehead atoms. The average Bonchev–Trinajstić information content (AvgIpc) is 3.50. The Labute approximate surface area is 228 Å². The minimum Gasteiger partial charge on any atom is -0.376 e. The van der Waals surface area contributed by atoms with E-state index >= 15 is 0 Å². The Hall–Kier alpha value is -2.79. The van der Waals surface area contributed by atoms with E-state index in [0.717, 1.165) is 111 Å². The number of halogens is 1. The number of pyridine rings is 1. The van der Waals surface area contributed by atoms with Crippen LogP contribution in [0.25, 0.3) is 16.7 Å². The Kier molecular flexibility index (Phi) is 6.75. The molecule has 7 rings (SSSR count). The van der Waals surface area contributed by atoms with Crippen molar-refractivity contribution in [3.8, 4) is 0 Å². The molecule has 3 aromatic rings. The van der Waals surface area contributed by atoms with E-state index in [-0.39, 0.29) is 30.0 Å². The van der Waals surface area contributed by atoms with E-state index in [9.17, 15) is 0 Å². The maximum absolute atomic E-state index is 6.50. The quantitative estimate of drug-likeness (QED) is 0.463. The van der Waals surface area contributed by atoms with Gasteiger partial charge in [0.25, 0.3) is 0 Å². The van der Waals surface area contributed by atoms with Crippen molar-refractivity contribution in [3.63, 3.8) is 0 Å². The van der Waals surface area contributed by atoms with E-state index < -0.39 is 0 Å². The molecule has 0 unspecified atom stereocenters. The predicted octanol–water partition coefficient (Wildman–Crippen LogP) is 2.96. The van der Waals surface area contributed by atoms with E-state index in [1.807, 2.05) is 6.20 Å². The number of rotatable bonds is 3. The molecule has 4 aliphatic rings. The maximum Gasteiger partial charge on any atom is 0.183 e. The summed E-state index contributed by atoms with van der Waals surface area (Å²) in [7, 11) is 0. The maximum atomic E-state index is 6.50. The second kappa shape index (κ2) is 10.1. The van der Waals surface area contributed by atoms with Crippen molar-refractivity contribution >= 4 is 46.5 Å². The molecule has 2 atom stereocenters. The highest BCUT2D eigenvalue weighted by Gasteiger charge is 2.47. The van der Waals surface area contributed by atoms with E-state index in [1.165, 1.54) is 5.57 Å². The van der Waals surface area contributed by atoms with Gasteiger partial charge in [-0.2, -0.15) is 5.10 Å². The normalized spacial score (nSPS) is 24.8. The lowest BCUT2D eigenvalue weighted by molar-refractivity contribution is 0.0974. The first-order valence-electron chi connectivity index (χ1n) is 13.6. The minimum absolute atomic E-state index is 0. The number of nitrogens with one attached hydrogen (secondary N) is 2. The molecule has 2 saturated heterocycles. The summed E-state index contributed by atoms with van der Waals surface area (Å²) in [5.74, 6) is 1.71. The largest absolute Gasteiger partial charge is 0.376 e. The van der Waals surface area contributed by atoms with E-state index in [4.69, 9.17) is 25.4 Å². The van der Waals surface area contributed by atoms with Crippen LogP contribution in [0.15, 0.2) is 24.4 Å². The number of hydrogen-bond donors (Lipinski definition) is 3. The number of nitrogens with two attached hydrogens (primary N) is 1. The lowest BCUT2D eigenvalue weighted by atomic mass is 9.73. The second-order valence-electron chi connectivity index (χ2n) is 11.0. The van der Waals surface area contributed by atoms with Gasteiger partial charge in [0, 0.05) is 37.6 Å². The molecule has 38 heavy (non-hydrogen) atoms. The molecule has 11 heteroatoms. The number of aromatic amines is 1. The highest BCUT2D eigenvalue weighted by Crippen LogP contribution is 2.42. The van der Waals surface area contributed by atoms with Crippen molar-refractivity contribution in [1.82, 2.24) is 30.5 Å². The zero-order chi connectivity index (χ0) is 25.0. The Morgan fingerprint density at radius 2 is 2.00 bits per heavy atom. The highest BCUT2D eigenvalue weighted by atomic mass is 35.5. The number of aromatic nitrogens is 5. The third-order valence-electron chi connectivity index (χ3n) is 8.85. The SMILES string of the molecule is C[C@@H]1OCC2(CCN(c3cnc4c(N5CCCc6nc(C7=CCNCC7)ccc65)n[nH]c4n3)CC2)[C@@H]1N.Cl. The fraction of sp³-hybridized carbons (Fsp3) is 0.556. The topological polar surface area (TPSA) is 121 Å². The van der Waals surface area contributed by atoms with Crippen molar-refractivity contribution in [3.05, 3.63) is 35.8 Å².